The summed E-state index contributed by atoms with van der Waals surface area (Å²) >= 11 is 6.27. The second kappa shape index (κ2) is 7.42. The zero-order chi connectivity index (χ0) is 20.0. The molecule has 1 aromatic carbocycles. The molecule has 1 saturated heterocycles. The van der Waals surface area contributed by atoms with E-state index in [4.69, 9.17) is 30.5 Å². The number of fused-ring (bicyclic) bond motifs is 4. The summed E-state index contributed by atoms with van der Waals surface area (Å²) < 4.78 is 24.5. The molecule has 1 aromatic heterocycles. The lowest BCUT2D eigenvalue weighted by Gasteiger charge is -2.36. The highest BCUT2D eigenvalue weighted by molar-refractivity contribution is 6.32. The quantitative estimate of drug-likeness (QED) is 0.740. The molecule has 2 aromatic rings. The van der Waals surface area contributed by atoms with Crippen molar-refractivity contribution in [2.24, 2.45) is 0 Å². The number of halogens is 1. The van der Waals surface area contributed by atoms with Gasteiger partial charge in [0.05, 0.1) is 18.3 Å². The van der Waals surface area contributed by atoms with Crippen molar-refractivity contribution in [2.45, 2.75) is 38.1 Å². The van der Waals surface area contributed by atoms with Gasteiger partial charge in [0, 0.05) is 19.2 Å². The van der Waals surface area contributed by atoms with Crippen molar-refractivity contribution >= 4 is 17.3 Å². The van der Waals surface area contributed by atoms with Crippen LogP contribution in [0.4, 0.5) is 5.69 Å². The lowest BCUT2D eigenvalue weighted by Crippen LogP contribution is -2.48. The van der Waals surface area contributed by atoms with Gasteiger partial charge in [0.25, 0.3) is 0 Å². The van der Waals surface area contributed by atoms with Crippen molar-refractivity contribution in [3.05, 3.63) is 39.3 Å². The third-order valence-electron chi connectivity index (χ3n) is 5.62. The zero-order valence-corrected chi connectivity index (χ0v) is 16.9. The maximum atomic E-state index is 13.0. The molecule has 3 aliphatic heterocycles. The molecule has 1 fully saturated rings. The van der Waals surface area contributed by atoms with Crippen LogP contribution in [0.25, 0.3) is 0 Å². The summed E-state index contributed by atoms with van der Waals surface area (Å²) in [6, 6.07) is 3.67. The first kappa shape index (κ1) is 18.6. The van der Waals surface area contributed by atoms with Crippen LogP contribution in [-0.2, 0) is 11.2 Å². The average Bonchev–Trinajstić information content (AvgIpc) is 2.92. The third-order valence-corrected chi connectivity index (χ3v) is 5.91. The molecule has 0 spiro atoms. The van der Waals surface area contributed by atoms with Crippen LogP contribution in [0.1, 0.15) is 31.1 Å². The summed E-state index contributed by atoms with van der Waals surface area (Å²) in [4.78, 5) is 15.0. The van der Waals surface area contributed by atoms with Gasteiger partial charge in [0.1, 0.15) is 23.8 Å². The fraction of sp³-hybridized carbons (Fsp3) is 0.500. The molecule has 9 heteroatoms. The van der Waals surface area contributed by atoms with Gasteiger partial charge in [-0.2, -0.15) is 9.78 Å². The van der Waals surface area contributed by atoms with Crippen LogP contribution in [0, 0.1) is 0 Å². The number of benzene rings is 1. The van der Waals surface area contributed by atoms with E-state index in [9.17, 15) is 4.79 Å². The van der Waals surface area contributed by atoms with Crippen LogP contribution in [0.3, 0.4) is 0 Å². The van der Waals surface area contributed by atoms with Gasteiger partial charge in [-0.05, 0) is 37.3 Å². The number of aromatic nitrogens is 2. The van der Waals surface area contributed by atoms with Gasteiger partial charge in [0.15, 0.2) is 6.23 Å². The standard InChI is InChI=1S/C20H22ClN3O5/c1-26-16-8-12-5-6-23-14-10-22-24(17-4-2-3-7-27-17)20(25)19(14)28-11-18(23)29-15(12)9-13(16)21/h8-10,17-18H,2-7,11H2,1H3. The molecule has 2 unspecified atom stereocenters. The summed E-state index contributed by atoms with van der Waals surface area (Å²) in [6.45, 7) is 1.54. The van der Waals surface area contributed by atoms with Crippen molar-refractivity contribution < 1.29 is 18.9 Å². The fourth-order valence-electron chi connectivity index (χ4n) is 4.09. The predicted molar refractivity (Wildman–Crippen MR) is 106 cm³/mol. The molecule has 154 valence electrons. The molecule has 0 bridgehead atoms. The maximum absolute atomic E-state index is 13.0. The van der Waals surface area contributed by atoms with Crippen LogP contribution >= 0.6 is 11.6 Å². The monoisotopic (exact) mass is 419 g/mol. The predicted octanol–water partition coefficient (Wildman–Crippen LogP) is 2.76. The first-order valence-electron chi connectivity index (χ1n) is 9.81. The van der Waals surface area contributed by atoms with Crippen molar-refractivity contribution in [1.82, 2.24) is 9.78 Å². The number of rotatable bonds is 2. The van der Waals surface area contributed by atoms with E-state index in [1.165, 1.54) is 4.68 Å². The number of nitrogens with zero attached hydrogens (tertiary/aromatic N) is 3. The molecule has 0 N–H and O–H groups in total. The van der Waals surface area contributed by atoms with E-state index in [1.54, 1.807) is 19.4 Å². The van der Waals surface area contributed by atoms with Gasteiger partial charge in [-0.3, -0.25) is 4.79 Å². The first-order chi connectivity index (χ1) is 14.2. The molecule has 0 amide bonds. The van der Waals surface area contributed by atoms with Crippen molar-refractivity contribution in [2.75, 3.05) is 31.8 Å². The van der Waals surface area contributed by atoms with E-state index in [0.717, 1.165) is 24.8 Å². The van der Waals surface area contributed by atoms with Gasteiger partial charge in [-0.1, -0.05) is 11.6 Å². The number of hydrogen-bond acceptors (Lipinski definition) is 7. The first-order valence-corrected chi connectivity index (χ1v) is 10.2. The topological polar surface area (TPSA) is 75.0 Å². The highest BCUT2D eigenvalue weighted by atomic mass is 35.5. The van der Waals surface area contributed by atoms with Gasteiger partial charge in [0.2, 0.25) is 12.0 Å². The molecule has 0 aliphatic carbocycles. The summed E-state index contributed by atoms with van der Waals surface area (Å²) in [5, 5.41) is 4.88. The van der Waals surface area contributed by atoms with Crippen LogP contribution in [-0.4, -0.2) is 42.9 Å². The third kappa shape index (κ3) is 3.20. The van der Waals surface area contributed by atoms with Crippen molar-refractivity contribution in [1.29, 1.82) is 0 Å². The Bertz CT molecular complexity index is 989. The van der Waals surface area contributed by atoms with Crippen molar-refractivity contribution in [3.63, 3.8) is 0 Å². The Kier molecular flexibility index (Phi) is 4.75. The highest BCUT2D eigenvalue weighted by Crippen LogP contribution is 2.38. The Morgan fingerprint density at radius 2 is 2.17 bits per heavy atom. The van der Waals surface area contributed by atoms with Crippen LogP contribution in [0.5, 0.6) is 17.2 Å². The number of ether oxygens (including phenoxy) is 4. The number of methoxy groups -OCH3 is 1. The molecule has 5 rings (SSSR count). The molecule has 0 radical (unpaired) electrons. The highest BCUT2D eigenvalue weighted by Gasteiger charge is 2.35. The molecule has 8 nitrogen and oxygen atoms in total. The van der Waals surface area contributed by atoms with Crippen LogP contribution in [0.2, 0.25) is 5.02 Å². The van der Waals surface area contributed by atoms with Crippen LogP contribution in [0.15, 0.2) is 23.1 Å². The van der Waals surface area contributed by atoms with E-state index in [1.807, 2.05) is 11.0 Å². The Labute approximate surface area is 172 Å². The SMILES string of the molecule is COc1cc2c(cc1Cl)OC1COc3c(cnn(C4CCCCO4)c3=O)N1CC2. The zero-order valence-electron chi connectivity index (χ0n) is 16.1. The molecule has 3 aliphatic rings. The number of hydrogen-bond donors (Lipinski definition) is 0. The van der Waals surface area contributed by atoms with Crippen molar-refractivity contribution in [3.8, 4) is 17.2 Å². The lowest BCUT2D eigenvalue weighted by atomic mass is 10.1. The van der Waals surface area contributed by atoms with Crippen LogP contribution < -0.4 is 24.7 Å². The minimum atomic E-state index is -0.365. The Morgan fingerprint density at radius 3 is 2.97 bits per heavy atom. The minimum Gasteiger partial charge on any atom is -0.495 e. The Balaban J connectivity index is 1.47. The normalized spacial score (nSPS) is 23.0. The second-order valence-electron chi connectivity index (χ2n) is 7.35. The van der Waals surface area contributed by atoms with E-state index >= 15 is 0 Å². The van der Waals surface area contributed by atoms with E-state index in [2.05, 4.69) is 5.10 Å². The minimum absolute atomic E-state index is 0.237. The summed E-state index contributed by atoms with van der Waals surface area (Å²) in [6.07, 6.45) is 4.50. The summed E-state index contributed by atoms with van der Waals surface area (Å²) in [7, 11) is 1.59. The Hall–Kier alpha value is -2.45. The van der Waals surface area contributed by atoms with Gasteiger partial charge < -0.3 is 23.8 Å². The molecular weight excluding hydrogens is 398 g/mol. The molecule has 4 heterocycles. The maximum Gasteiger partial charge on any atom is 0.313 e. The molecule has 2 atom stereocenters. The largest absolute Gasteiger partial charge is 0.495 e. The van der Waals surface area contributed by atoms with Gasteiger partial charge >= 0.3 is 5.56 Å². The molecule has 0 saturated carbocycles. The van der Waals surface area contributed by atoms with E-state index < -0.39 is 0 Å². The second-order valence-corrected chi connectivity index (χ2v) is 7.76. The van der Waals surface area contributed by atoms with Gasteiger partial charge in [-0.15, -0.1) is 0 Å². The van der Waals surface area contributed by atoms with E-state index in [0.29, 0.717) is 47.5 Å². The molecule has 29 heavy (non-hydrogen) atoms. The smallest absolute Gasteiger partial charge is 0.313 e. The fourth-order valence-corrected chi connectivity index (χ4v) is 4.32. The number of anilines is 1. The Morgan fingerprint density at radius 1 is 1.28 bits per heavy atom. The van der Waals surface area contributed by atoms with E-state index in [-0.39, 0.29) is 24.6 Å². The summed E-state index contributed by atoms with van der Waals surface area (Å²) in [5.74, 6) is 1.62. The summed E-state index contributed by atoms with van der Waals surface area (Å²) in [5.41, 5.74) is 1.38. The molecular formula is C20H22ClN3O5. The average molecular weight is 420 g/mol. The lowest BCUT2D eigenvalue weighted by molar-refractivity contribution is -0.0432. The van der Waals surface area contributed by atoms with Gasteiger partial charge in [-0.25, -0.2) is 0 Å².